The molecule has 7 rings (SSSR count). The number of phenols is 1. The molecule has 0 unspecified atom stereocenters. The predicted octanol–water partition coefficient (Wildman–Crippen LogP) is 2.79. The van der Waals surface area contributed by atoms with Crippen LogP contribution in [0.4, 0.5) is 21.9 Å². The molecule has 0 radical (unpaired) electrons. The van der Waals surface area contributed by atoms with Gasteiger partial charge in [-0.15, -0.1) is 15.3 Å². The van der Waals surface area contributed by atoms with Crippen LogP contribution in [0.2, 0.25) is 0 Å². The van der Waals surface area contributed by atoms with Crippen molar-refractivity contribution in [2.24, 2.45) is 10.2 Å². The van der Waals surface area contributed by atoms with Crippen molar-refractivity contribution < 1.29 is 57.7 Å². The van der Waals surface area contributed by atoms with Crippen LogP contribution in [0.15, 0.2) is 83.2 Å². The normalized spacial score (nSPS) is 17.5. The first-order valence-corrected chi connectivity index (χ1v) is 25.4. The van der Waals surface area contributed by atoms with Gasteiger partial charge < -0.3 is 56.5 Å². The number of anilines is 1. The number of urea groups is 1. The number of nitrogens with two attached hydrogens (primary N) is 1. The van der Waals surface area contributed by atoms with Crippen LogP contribution < -0.4 is 32.3 Å². The number of hydrogen-bond donors (Lipinski definition) is 7. The molecule has 1 aromatic heterocycles. The molecule has 0 aliphatic carbocycles. The summed E-state index contributed by atoms with van der Waals surface area (Å²) < 4.78 is 18.4. The topological polar surface area (TPSA) is 321 Å². The standard InChI is InChI=1S/C49H60N12O12S/c50-34-10-6-32(7-11-34)46(66)52-19-21-70-23-25-72-26-24-71-22-20-60-29-36(57-59-60)28-38(53-42(63)4-2-1-3-41-45-39(30-74-41)54-49(69)55-45)47(67)51-18-17-31-5-14-40(62)37(27-31)58-56-35-12-8-33(9-13-35)48(68)73-61-43(64)15-16-44(61)65/h5-14,27,29,38-39,41,45,62H,1-4,15-26,28,30,50H2,(H,51,67)(H,52,66)(H,53,63)(H2,54,55,69)/t38-,39-,41-,45-/m0/s1. The molecule has 3 saturated heterocycles. The lowest BCUT2D eigenvalue weighted by Gasteiger charge is -2.18. The molecular formula is C49H60N12O12S. The Balaban J connectivity index is 0.836. The molecule has 74 heavy (non-hydrogen) atoms. The third-order valence-electron chi connectivity index (χ3n) is 12.0. The van der Waals surface area contributed by atoms with Gasteiger partial charge in [0.1, 0.15) is 17.5 Å². The predicted molar refractivity (Wildman–Crippen MR) is 267 cm³/mol. The number of unbranched alkanes of at least 4 members (excludes halogenated alkanes) is 1. The fraction of sp³-hybridized carbons (Fsp3) is 0.449. The molecule has 24 nitrogen and oxygen atoms in total. The Kier molecular flexibility index (Phi) is 20.2. The van der Waals surface area contributed by atoms with E-state index >= 15 is 0 Å². The minimum atomic E-state index is -0.966. The van der Waals surface area contributed by atoms with Crippen LogP contribution in [0.1, 0.15) is 70.5 Å². The second kappa shape index (κ2) is 27.5. The zero-order valence-corrected chi connectivity index (χ0v) is 41.4. The van der Waals surface area contributed by atoms with E-state index in [-0.39, 0.29) is 84.4 Å². The summed E-state index contributed by atoms with van der Waals surface area (Å²) in [7, 11) is 0. The number of nitrogens with zero attached hydrogens (tertiary/aromatic N) is 6. The van der Waals surface area contributed by atoms with Crippen molar-refractivity contribution in [1.82, 2.24) is 46.6 Å². The molecule has 0 spiro atoms. The Morgan fingerprint density at radius 1 is 0.838 bits per heavy atom. The SMILES string of the molecule is Nc1ccc(C(=O)NCCOCCOCCOCCn2cc(C[C@H](NC(=O)CCCC[C@@H]3SC[C@@H]4NC(=O)N[C@@H]43)C(=O)NCCc3ccc(O)c(N=Nc4ccc(C(=O)ON5C(=O)CCC5=O)cc4)c3)nn2)cc1. The maximum Gasteiger partial charge on any atom is 0.363 e. The van der Waals surface area contributed by atoms with Gasteiger partial charge in [-0.1, -0.05) is 17.7 Å². The molecule has 0 bridgehead atoms. The quantitative estimate of drug-likeness (QED) is 0.0135. The number of benzene rings is 3. The van der Waals surface area contributed by atoms with E-state index in [4.69, 9.17) is 24.8 Å². The third kappa shape index (κ3) is 16.5. The van der Waals surface area contributed by atoms with Gasteiger partial charge in [0.2, 0.25) is 11.8 Å². The third-order valence-corrected chi connectivity index (χ3v) is 13.5. The number of azo groups is 1. The van der Waals surface area contributed by atoms with Gasteiger partial charge in [0.05, 0.1) is 75.2 Å². The molecule has 3 aliphatic heterocycles. The molecule has 8 N–H and O–H groups in total. The van der Waals surface area contributed by atoms with Crippen molar-refractivity contribution in [3.63, 3.8) is 0 Å². The van der Waals surface area contributed by atoms with Crippen molar-refractivity contribution in [2.45, 2.75) is 81.3 Å². The van der Waals surface area contributed by atoms with Crippen molar-refractivity contribution in [1.29, 1.82) is 0 Å². The number of imide groups is 1. The van der Waals surface area contributed by atoms with Crippen LogP contribution >= 0.6 is 11.8 Å². The number of ether oxygens (including phenoxy) is 3. The van der Waals surface area contributed by atoms with Gasteiger partial charge in [-0.2, -0.15) is 16.9 Å². The summed E-state index contributed by atoms with van der Waals surface area (Å²) in [6, 6.07) is 16.2. The highest BCUT2D eigenvalue weighted by Gasteiger charge is 2.42. The van der Waals surface area contributed by atoms with Crippen molar-refractivity contribution in [3.05, 3.63) is 95.3 Å². The first-order valence-electron chi connectivity index (χ1n) is 24.3. The average molecular weight is 1040 g/mol. The summed E-state index contributed by atoms with van der Waals surface area (Å²) in [6.07, 6.45) is 4.49. The Hall–Kier alpha value is -7.48. The van der Waals surface area contributed by atoms with E-state index in [1.165, 1.54) is 30.3 Å². The summed E-state index contributed by atoms with van der Waals surface area (Å²) in [5, 5.41) is 42.5. The molecule has 7 amide bonds. The number of aromatic nitrogens is 3. The first-order chi connectivity index (χ1) is 35.9. The van der Waals surface area contributed by atoms with E-state index in [0.29, 0.717) is 93.3 Å². The van der Waals surface area contributed by atoms with E-state index in [1.807, 2.05) is 11.8 Å². The number of aromatic hydroxyl groups is 1. The molecule has 3 aromatic carbocycles. The maximum absolute atomic E-state index is 13.7. The van der Waals surface area contributed by atoms with Crippen LogP contribution in [0, 0.1) is 0 Å². The highest BCUT2D eigenvalue weighted by molar-refractivity contribution is 8.00. The summed E-state index contributed by atoms with van der Waals surface area (Å²) >= 11 is 1.81. The number of rotatable bonds is 29. The number of phenolic OH excluding ortho intramolecular Hbond substituents is 1. The van der Waals surface area contributed by atoms with E-state index < -0.39 is 29.7 Å². The second-order valence-corrected chi connectivity index (χ2v) is 18.7. The van der Waals surface area contributed by atoms with Gasteiger partial charge in [0.15, 0.2) is 0 Å². The molecular weight excluding hydrogens is 981 g/mol. The summed E-state index contributed by atoms with van der Waals surface area (Å²) in [5.41, 5.74) is 8.54. The van der Waals surface area contributed by atoms with Gasteiger partial charge in [-0.3, -0.25) is 24.0 Å². The maximum atomic E-state index is 13.7. The van der Waals surface area contributed by atoms with Crippen LogP contribution in [0.25, 0.3) is 0 Å². The molecule has 4 atom stereocenters. The van der Waals surface area contributed by atoms with E-state index in [9.17, 15) is 38.7 Å². The largest absolute Gasteiger partial charge is 0.506 e. The molecule has 3 fully saturated rings. The first kappa shape index (κ1) is 54.3. The highest BCUT2D eigenvalue weighted by Crippen LogP contribution is 2.33. The van der Waals surface area contributed by atoms with Crippen molar-refractivity contribution in [2.75, 3.05) is 64.2 Å². The average Bonchev–Trinajstić information content (AvgIpc) is 4.18. The Bertz CT molecular complexity index is 2600. The van der Waals surface area contributed by atoms with Crippen LogP contribution in [0.3, 0.4) is 0 Å². The number of fused-ring (bicyclic) bond motifs is 1. The molecule has 394 valence electrons. The van der Waals surface area contributed by atoms with Crippen LogP contribution in [-0.2, 0) is 57.6 Å². The number of nitrogen functional groups attached to an aromatic ring is 1. The van der Waals surface area contributed by atoms with Crippen molar-refractivity contribution >= 4 is 70.4 Å². The van der Waals surface area contributed by atoms with Crippen LogP contribution in [-0.4, -0.2) is 149 Å². The molecule has 0 saturated carbocycles. The number of thioether (sulfide) groups is 1. The minimum Gasteiger partial charge on any atom is -0.506 e. The summed E-state index contributed by atoms with van der Waals surface area (Å²) in [4.78, 5) is 92.0. The number of carbonyl (C=O) groups is 7. The van der Waals surface area contributed by atoms with Gasteiger partial charge >= 0.3 is 12.0 Å². The number of amides is 7. The van der Waals surface area contributed by atoms with Gasteiger partial charge in [-0.25, -0.2) is 14.3 Å². The van der Waals surface area contributed by atoms with Gasteiger partial charge in [0, 0.05) is 67.2 Å². The fourth-order valence-corrected chi connectivity index (χ4v) is 9.54. The van der Waals surface area contributed by atoms with Crippen molar-refractivity contribution in [3.8, 4) is 5.75 Å². The Morgan fingerprint density at radius 3 is 2.31 bits per heavy atom. The van der Waals surface area contributed by atoms with E-state index in [1.54, 1.807) is 47.3 Å². The second-order valence-electron chi connectivity index (χ2n) is 17.5. The fourth-order valence-electron chi connectivity index (χ4n) is 8.00. The zero-order valence-electron chi connectivity index (χ0n) is 40.6. The highest BCUT2D eigenvalue weighted by atomic mass is 32.2. The summed E-state index contributed by atoms with van der Waals surface area (Å²) in [5.74, 6) is -2.28. The molecule has 4 aromatic rings. The number of carbonyl (C=O) groups excluding carboxylic acids is 7. The minimum absolute atomic E-state index is 0.0240. The monoisotopic (exact) mass is 1040 g/mol. The lowest BCUT2D eigenvalue weighted by Crippen LogP contribution is -2.48. The number of hydrogen-bond acceptors (Lipinski definition) is 18. The van der Waals surface area contributed by atoms with E-state index in [2.05, 4.69) is 47.1 Å². The van der Waals surface area contributed by atoms with Gasteiger partial charge in [-0.05, 0) is 85.5 Å². The molecule has 4 heterocycles. The Morgan fingerprint density at radius 2 is 1.55 bits per heavy atom. The zero-order chi connectivity index (χ0) is 52.2. The summed E-state index contributed by atoms with van der Waals surface area (Å²) in [6.45, 7) is 2.97. The smallest absolute Gasteiger partial charge is 0.363 e. The lowest BCUT2D eigenvalue weighted by atomic mass is 10.0. The number of nitrogens with one attached hydrogen (secondary N) is 5. The molecule has 25 heteroatoms. The molecule has 3 aliphatic rings. The number of hydroxylamine groups is 2. The van der Waals surface area contributed by atoms with E-state index in [0.717, 1.165) is 24.2 Å². The Labute approximate surface area is 430 Å². The lowest BCUT2D eigenvalue weighted by molar-refractivity contribution is -0.172. The van der Waals surface area contributed by atoms with Gasteiger partial charge in [0.25, 0.3) is 17.7 Å². The van der Waals surface area contributed by atoms with Crippen LogP contribution in [0.5, 0.6) is 5.75 Å².